The highest BCUT2D eigenvalue weighted by Crippen LogP contribution is 2.23. The minimum absolute atomic E-state index is 0.498. The predicted molar refractivity (Wildman–Crippen MR) is 81.7 cm³/mol. The number of rotatable bonds is 5. The molecule has 0 spiro atoms. The van der Waals surface area contributed by atoms with Crippen molar-refractivity contribution >= 4 is 0 Å². The van der Waals surface area contributed by atoms with Gasteiger partial charge in [0.2, 0.25) is 0 Å². The third-order valence-corrected chi connectivity index (χ3v) is 3.42. The van der Waals surface area contributed by atoms with Crippen molar-refractivity contribution in [1.82, 2.24) is 0 Å². The van der Waals surface area contributed by atoms with Gasteiger partial charge >= 0.3 is 0 Å². The van der Waals surface area contributed by atoms with Crippen LogP contribution in [0.25, 0.3) is 0 Å². The molecule has 2 rings (SSSR count). The Balaban J connectivity index is 2.21. The van der Waals surface area contributed by atoms with E-state index in [0.717, 1.165) is 11.1 Å². The maximum Gasteiger partial charge on any atom is 0.0833 e. The van der Waals surface area contributed by atoms with E-state index in [2.05, 4.69) is 32.0 Å². The summed E-state index contributed by atoms with van der Waals surface area (Å²) in [6.07, 6.45) is 0.131. The van der Waals surface area contributed by atoms with Crippen molar-refractivity contribution < 1.29 is 9.84 Å². The summed E-state index contributed by atoms with van der Waals surface area (Å²) in [5.41, 5.74) is 5.64. The molecule has 106 valence electrons. The molecular weight excluding hydrogens is 248 g/mol. The van der Waals surface area contributed by atoms with Crippen LogP contribution in [0.15, 0.2) is 42.5 Å². The number of ether oxygens (including phenoxy) is 1. The molecule has 2 aromatic rings. The molecule has 0 heterocycles. The highest BCUT2D eigenvalue weighted by Gasteiger charge is 2.13. The average Bonchev–Trinajstić information content (AvgIpc) is 2.38. The van der Waals surface area contributed by atoms with Gasteiger partial charge in [0, 0.05) is 13.5 Å². The molecule has 0 amide bonds. The van der Waals surface area contributed by atoms with Crippen molar-refractivity contribution in [1.29, 1.82) is 0 Å². The van der Waals surface area contributed by atoms with Crippen molar-refractivity contribution in [3.63, 3.8) is 0 Å². The number of benzene rings is 2. The first kappa shape index (κ1) is 14.8. The van der Waals surface area contributed by atoms with Crippen LogP contribution in [0.2, 0.25) is 0 Å². The molecule has 0 aliphatic heterocycles. The molecule has 2 nitrogen and oxygen atoms in total. The van der Waals surface area contributed by atoms with E-state index in [4.69, 9.17) is 4.74 Å². The lowest BCUT2D eigenvalue weighted by molar-refractivity contribution is 0.161. The van der Waals surface area contributed by atoms with Crippen LogP contribution in [0, 0.1) is 13.8 Å². The van der Waals surface area contributed by atoms with Gasteiger partial charge in [-0.15, -0.1) is 0 Å². The second-order valence-electron chi connectivity index (χ2n) is 5.35. The summed E-state index contributed by atoms with van der Waals surface area (Å²) in [6, 6.07) is 14.3. The summed E-state index contributed by atoms with van der Waals surface area (Å²) in [5, 5.41) is 10.5. The monoisotopic (exact) mass is 270 g/mol. The summed E-state index contributed by atoms with van der Waals surface area (Å²) in [6.45, 7) is 4.70. The first-order valence-electron chi connectivity index (χ1n) is 6.92. The Morgan fingerprint density at radius 1 is 1.05 bits per heavy atom. The van der Waals surface area contributed by atoms with Gasteiger partial charge in [0.15, 0.2) is 0 Å². The number of methoxy groups -OCH3 is 1. The van der Waals surface area contributed by atoms with Crippen molar-refractivity contribution in [2.45, 2.75) is 33.0 Å². The molecule has 0 saturated carbocycles. The van der Waals surface area contributed by atoms with Crippen LogP contribution in [0.1, 0.15) is 33.9 Å². The largest absolute Gasteiger partial charge is 0.388 e. The first-order chi connectivity index (χ1) is 9.60. The zero-order valence-electron chi connectivity index (χ0n) is 12.4. The molecule has 0 aliphatic rings. The number of hydrogen-bond donors (Lipinski definition) is 1. The molecule has 1 atom stereocenters. The Hall–Kier alpha value is -1.64. The SMILES string of the molecule is COCc1ccccc1C(O)Cc1cc(C)cc(C)c1. The lowest BCUT2D eigenvalue weighted by Crippen LogP contribution is -2.06. The molecule has 1 unspecified atom stereocenters. The fourth-order valence-corrected chi connectivity index (χ4v) is 2.67. The Labute approximate surface area is 121 Å². The minimum atomic E-state index is -0.498. The van der Waals surface area contributed by atoms with Crippen LogP contribution < -0.4 is 0 Å². The molecule has 0 radical (unpaired) electrons. The van der Waals surface area contributed by atoms with E-state index >= 15 is 0 Å². The highest BCUT2D eigenvalue weighted by atomic mass is 16.5. The first-order valence-corrected chi connectivity index (χ1v) is 6.92. The fourth-order valence-electron chi connectivity index (χ4n) is 2.67. The van der Waals surface area contributed by atoms with Crippen LogP contribution in [0.5, 0.6) is 0 Å². The second-order valence-corrected chi connectivity index (χ2v) is 5.35. The topological polar surface area (TPSA) is 29.5 Å². The highest BCUT2D eigenvalue weighted by molar-refractivity contribution is 5.33. The molecule has 2 aromatic carbocycles. The molecule has 1 N–H and O–H groups in total. The van der Waals surface area contributed by atoms with E-state index < -0.39 is 6.10 Å². The van der Waals surface area contributed by atoms with E-state index in [1.54, 1.807) is 7.11 Å². The van der Waals surface area contributed by atoms with Gasteiger partial charge in [0.25, 0.3) is 0 Å². The average molecular weight is 270 g/mol. The van der Waals surface area contributed by atoms with Crippen LogP contribution in [0.3, 0.4) is 0 Å². The van der Waals surface area contributed by atoms with Gasteiger partial charge in [0.05, 0.1) is 12.7 Å². The third-order valence-electron chi connectivity index (χ3n) is 3.42. The van der Waals surface area contributed by atoms with Crippen LogP contribution >= 0.6 is 0 Å². The smallest absolute Gasteiger partial charge is 0.0833 e. The summed E-state index contributed by atoms with van der Waals surface area (Å²) in [4.78, 5) is 0. The number of aryl methyl sites for hydroxylation is 2. The van der Waals surface area contributed by atoms with E-state index in [1.807, 2.05) is 24.3 Å². The van der Waals surface area contributed by atoms with Crippen molar-refractivity contribution in [3.8, 4) is 0 Å². The predicted octanol–water partition coefficient (Wildman–Crippen LogP) is 3.73. The van der Waals surface area contributed by atoms with Crippen molar-refractivity contribution in [2.75, 3.05) is 7.11 Å². The van der Waals surface area contributed by atoms with Gasteiger partial charge in [-0.3, -0.25) is 0 Å². The quantitative estimate of drug-likeness (QED) is 0.897. The van der Waals surface area contributed by atoms with Gasteiger partial charge in [-0.05, 0) is 30.5 Å². The maximum absolute atomic E-state index is 10.5. The summed E-state index contributed by atoms with van der Waals surface area (Å²) in [7, 11) is 1.67. The number of aliphatic hydroxyl groups excluding tert-OH is 1. The third kappa shape index (κ3) is 3.69. The molecule has 0 fully saturated rings. The van der Waals surface area contributed by atoms with Gasteiger partial charge in [-0.25, -0.2) is 0 Å². The molecule has 0 aliphatic carbocycles. The van der Waals surface area contributed by atoms with Crippen LogP contribution in [-0.4, -0.2) is 12.2 Å². The van der Waals surface area contributed by atoms with Gasteiger partial charge in [-0.1, -0.05) is 53.6 Å². The van der Waals surface area contributed by atoms with Gasteiger partial charge in [-0.2, -0.15) is 0 Å². The second kappa shape index (κ2) is 6.69. The standard InChI is InChI=1S/C18H22O2/c1-13-8-14(2)10-15(9-13)11-18(19)17-7-5-4-6-16(17)12-20-3/h4-10,18-19H,11-12H2,1-3H3. The van der Waals surface area contributed by atoms with E-state index in [1.165, 1.54) is 16.7 Å². The Kier molecular flexibility index (Phi) is 4.94. The van der Waals surface area contributed by atoms with Crippen LogP contribution in [-0.2, 0) is 17.8 Å². The minimum Gasteiger partial charge on any atom is -0.388 e. The molecule has 0 bridgehead atoms. The molecule has 0 saturated heterocycles. The Morgan fingerprint density at radius 2 is 1.70 bits per heavy atom. The van der Waals surface area contributed by atoms with Gasteiger partial charge < -0.3 is 9.84 Å². The van der Waals surface area contributed by atoms with Crippen LogP contribution in [0.4, 0.5) is 0 Å². The molecule has 20 heavy (non-hydrogen) atoms. The molecular formula is C18H22O2. The normalized spacial score (nSPS) is 12.4. The number of aliphatic hydroxyl groups is 1. The van der Waals surface area contributed by atoms with E-state index in [0.29, 0.717) is 13.0 Å². The zero-order valence-corrected chi connectivity index (χ0v) is 12.4. The Morgan fingerprint density at radius 3 is 2.35 bits per heavy atom. The van der Waals surface area contributed by atoms with Crippen molar-refractivity contribution in [3.05, 3.63) is 70.3 Å². The van der Waals surface area contributed by atoms with Gasteiger partial charge in [0.1, 0.15) is 0 Å². The van der Waals surface area contributed by atoms with E-state index in [9.17, 15) is 5.11 Å². The fraction of sp³-hybridized carbons (Fsp3) is 0.333. The summed E-state index contributed by atoms with van der Waals surface area (Å²) < 4.78 is 5.20. The van der Waals surface area contributed by atoms with E-state index in [-0.39, 0.29) is 0 Å². The summed E-state index contributed by atoms with van der Waals surface area (Å²) >= 11 is 0. The molecule has 2 heteroatoms. The Bertz CT molecular complexity index is 555. The molecule has 0 aromatic heterocycles. The summed E-state index contributed by atoms with van der Waals surface area (Å²) in [5.74, 6) is 0. The number of hydrogen-bond acceptors (Lipinski definition) is 2. The van der Waals surface area contributed by atoms with Crippen molar-refractivity contribution in [2.24, 2.45) is 0 Å². The lowest BCUT2D eigenvalue weighted by Gasteiger charge is -2.16. The zero-order chi connectivity index (χ0) is 14.5. The lowest BCUT2D eigenvalue weighted by atomic mass is 9.96. The maximum atomic E-state index is 10.5.